The van der Waals surface area contributed by atoms with Crippen molar-refractivity contribution < 1.29 is 8.42 Å². The van der Waals surface area contributed by atoms with Crippen LogP contribution in [0.4, 0.5) is 5.69 Å². The van der Waals surface area contributed by atoms with Crippen LogP contribution in [0.5, 0.6) is 0 Å². The minimum Gasteiger partial charge on any atom is -0.398 e. The molecule has 2 aromatic rings. The Morgan fingerprint density at radius 1 is 1.35 bits per heavy atom. The molecule has 108 valence electrons. The van der Waals surface area contributed by atoms with Gasteiger partial charge in [0.25, 0.3) is 0 Å². The Balaban J connectivity index is 1.90. The van der Waals surface area contributed by atoms with E-state index in [0.717, 1.165) is 10.7 Å². The number of benzene rings is 1. The van der Waals surface area contributed by atoms with E-state index >= 15 is 0 Å². The quantitative estimate of drug-likeness (QED) is 0.795. The van der Waals surface area contributed by atoms with Gasteiger partial charge in [0.2, 0.25) is 10.0 Å². The average molecular weight is 311 g/mol. The van der Waals surface area contributed by atoms with E-state index in [0.29, 0.717) is 24.2 Å². The molecule has 0 aliphatic rings. The largest absolute Gasteiger partial charge is 0.398 e. The van der Waals surface area contributed by atoms with Gasteiger partial charge in [-0.15, -0.1) is 11.3 Å². The van der Waals surface area contributed by atoms with Gasteiger partial charge < -0.3 is 5.73 Å². The molecule has 0 atom stereocenters. The van der Waals surface area contributed by atoms with Crippen LogP contribution in [-0.4, -0.2) is 19.9 Å². The van der Waals surface area contributed by atoms with Gasteiger partial charge in [-0.1, -0.05) is 18.2 Å². The van der Waals surface area contributed by atoms with Crippen molar-refractivity contribution in [2.45, 2.75) is 19.1 Å². The number of nitrogens with zero attached hydrogens (tertiary/aromatic N) is 1. The summed E-state index contributed by atoms with van der Waals surface area (Å²) in [4.78, 5) is 4.29. The van der Waals surface area contributed by atoms with E-state index in [1.165, 1.54) is 0 Å². The van der Waals surface area contributed by atoms with Crippen LogP contribution >= 0.6 is 11.3 Å². The van der Waals surface area contributed by atoms with Gasteiger partial charge in [-0.05, 0) is 18.6 Å². The maximum absolute atomic E-state index is 12.0. The number of para-hydroxylation sites is 1. The smallest absolute Gasteiger partial charge is 0.215 e. The van der Waals surface area contributed by atoms with Crippen molar-refractivity contribution >= 4 is 27.0 Å². The fraction of sp³-hybridized carbons (Fsp3) is 0.308. The summed E-state index contributed by atoms with van der Waals surface area (Å²) in [5, 5.41) is 2.93. The van der Waals surface area contributed by atoms with Gasteiger partial charge in [-0.2, -0.15) is 0 Å². The molecule has 0 saturated heterocycles. The molecule has 0 bridgehead atoms. The Labute approximate surface area is 122 Å². The number of sulfonamides is 1. The summed E-state index contributed by atoms with van der Waals surface area (Å²) in [6.07, 6.45) is 0.591. The Bertz CT molecular complexity index is 680. The molecule has 0 unspecified atom stereocenters. The molecular formula is C13H17N3O2S2. The van der Waals surface area contributed by atoms with Crippen LogP contribution in [0.3, 0.4) is 0 Å². The predicted octanol–water partition coefficient (Wildman–Crippen LogP) is 1.70. The molecule has 20 heavy (non-hydrogen) atoms. The first-order valence-corrected chi connectivity index (χ1v) is 8.71. The highest BCUT2D eigenvalue weighted by Gasteiger charge is 2.13. The van der Waals surface area contributed by atoms with E-state index in [2.05, 4.69) is 9.71 Å². The van der Waals surface area contributed by atoms with Gasteiger partial charge in [0.05, 0.1) is 16.5 Å². The van der Waals surface area contributed by atoms with E-state index in [4.69, 9.17) is 5.73 Å². The summed E-state index contributed by atoms with van der Waals surface area (Å²) >= 11 is 1.56. The monoisotopic (exact) mass is 311 g/mol. The molecule has 0 fully saturated rings. The molecule has 1 aromatic carbocycles. The van der Waals surface area contributed by atoms with Gasteiger partial charge in [0.1, 0.15) is 0 Å². The van der Waals surface area contributed by atoms with Gasteiger partial charge in [0.15, 0.2) is 0 Å². The van der Waals surface area contributed by atoms with Crippen LogP contribution in [0.2, 0.25) is 0 Å². The first-order chi connectivity index (χ1) is 9.46. The number of hydrogen-bond acceptors (Lipinski definition) is 5. The molecule has 3 N–H and O–H groups in total. The van der Waals surface area contributed by atoms with Crippen molar-refractivity contribution in [3.63, 3.8) is 0 Å². The molecule has 0 spiro atoms. The third kappa shape index (κ3) is 4.29. The zero-order valence-corrected chi connectivity index (χ0v) is 12.8. The van der Waals surface area contributed by atoms with Gasteiger partial charge in [0, 0.05) is 24.0 Å². The van der Waals surface area contributed by atoms with Crippen LogP contribution in [0.15, 0.2) is 29.6 Å². The highest BCUT2D eigenvalue weighted by molar-refractivity contribution is 7.88. The lowest BCUT2D eigenvalue weighted by Gasteiger charge is -2.08. The molecule has 2 rings (SSSR count). The fourth-order valence-electron chi connectivity index (χ4n) is 1.78. The van der Waals surface area contributed by atoms with Crippen molar-refractivity contribution in [2.24, 2.45) is 0 Å². The normalized spacial score (nSPS) is 11.7. The zero-order valence-electron chi connectivity index (χ0n) is 11.2. The molecular weight excluding hydrogens is 294 g/mol. The molecule has 0 saturated carbocycles. The minimum absolute atomic E-state index is 0.101. The van der Waals surface area contributed by atoms with Crippen molar-refractivity contribution in [3.05, 3.63) is 45.9 Å². The number of hydrogen-bond donors (Lipinski definition) is 2. The number of nitrogens with two attached hydrogens (primary N) is 1. The number of nitrogens with one attached hydrogen (secondary N) is 1. The highest BCUT2D eigenvalue weighted by Crippen LogP contribution is 2.13. The van der Waals surface area contributed by atoms with Crippen molar-refractivity contribution in [2.75, 3.05) is 12.3 Å². The molecule has 0 radical (unpaired) electrons. The summed E-state index contributed by atoms with van der Waals surface area (Å²) in [6, 6.07) is 6.98. The molecule has 5 nitrogen and oxygen atoms in total. The topological polar surface area (TPSA) is 85.1 Å². The maximum atomic E-state index is 12.0. The number of aromatic nitrogens is 1. The molecule has 0 aliphatic heterocycles. The second-order valence-corrected chi connectivity index (χ2v) is 7.33. The van der Waals surface area contributed by atoms with E-state index in [9.17, 15) is 8.42 Å². The molecule has 1 aromatic heterocycles. The first kappa shape index (κ1) is 15.0. The molecule has 1 heterocycles. The second kappa shape index (κ2) is 6.34. The third-order valence-electron chi connectivity index (χ3n) is 2.77. The predicted molar refractivity (Wildman–Crippen MR) is 82.0 cm³/mol. The molecule has 0 amide bonds. The van der Waals surface area contributed by atoms with Crippen molar-refractivity contribution in [1.82, 2.24) is 9.71 Å². The van der Waals surface area contributed by atoms with Gasteiger partial charge >= 0.3 is 0 Å². The van der Waals surface area contributed by atoms with Crippen LogP contribution < -0.4 is 10.5 Å². The van der Waals surface area contributed by atoms with E-state index < -0.39 is 10.0 Å². The van der Waals surface area contributed by atoms with Crippen LogP contribution in [0.25, 0.3) is 0 Å². The fourth-order valence-corrected chi connectivity index (χ4v) is 3.61. The van der Waals surface area contributed by atoms with E-state index in [1.54, 1.807) is 35.6 Å². The Hall–Kier alpha value is -1.44. The standard InChI is InChI=1S/C13H17N3O2S2/c1-10-16-12(8-19-10)6-7-15-20(17,18)9-11-4-2-3-5-13(11)14/h2-5,8,15H,6-7,9,14H2,1H3. The Morgan fingerprint density at radius 2 is 2.10 bits per heavy atom. The van der Waals surface area contributed by atoms with E-state index in [1.807, 2.05) is 12.3 Å². The van der Waals surface area contributed by atoms with E-state index in [-0.39, 0.29) is 5.75 Å². The molecule has 0 aliphatic carbocycles. The number of rotatable bonds is 6. The summed E-state index contributed by atoms with van der Waals surface area (Å²) in [6.45, 7) is 2.27. The first-order valence-electron chi connectivity index (χ1n) is 6.18. The summed E-state index contributed by atoms with van der Waals surface area (Å²) in [7, 11) is -3.37. The van der Waals surface area contributed by atoms with Crippen LogP contribution in [0.1, 0.15) is 16.3 Å². The molecule has 7 heteroatoms. The van der Waals surface area contributed by atoms with Crippen LogP contribution in [-0.2, 0) is 22.2 Å². The lowest BCUT2D eigenvalue weighted by molar-refractivity contribution is 0.580. The number of thiazole rings is 1. The number of nitrogen functional groups attached to an aromatic ring is 1. The van der Waals surface area contributed by atoms with Crippen LogP contribution in [0, 0.1) is 6.92 Å². The van der Waals surface area contributed by atoms with Crippen molar-refractivity contribution in [3.8, 4) is 0 Å². The highest BCUT2D eigenvalue weighted by atomic mass is 32.2. The van der Waals surface area contributed by atoms with Gasteiger partial charge in [-0.25, -0.2) is 18.1 Å². The average Bonchev–Trinajstić information content (AvgIpc) is 2.77. The second-order valence-electron chi connectivity index (χ2n) is 4.46. The Morgan fingerprint density at radius 3 is 2.75 bits per heavy atom. The summed E-state index contributed by atoms with van der Waals surface area (Å²) < 4.78 is 26.5. The zero-order chi connectivity index (χ0) is 14.6. The Kier molecular flexibility index (Phi) is 4.74. The third-order valence-corrected chi connectivity index (χ3v) is 4.93. The SMILES string of the molecule is Cc1nc(CCNS(=O)(=O)Cc2ccccc2N)cs1. The lowest BCUT2D eigenvalue weighted by Crippen LogP contribution is -2.27. The van der Waals surface area contributed by atoms with Crippen molar-refractivity contribution in [1.29, 1.82) is 0 Å². The summed E-state index contributed by atoms with van der Waals surface area (Å²) in [5.74, 6) is -0.101. The number of anilines is 1. The lowest BCUT2D eigenvalue weighted by atomic mass is 10.2. The summed E-state index contributed by atoms with van der Waals surface area (Å²) in [5.41, 5.74) is 7.77. The maximum Gasteiger partial charge on any atom is 0.215 e. The number of aryl methyl sites for hydroxylation is 1. The minimum atomic E-state index is -3.37. The van der Waals surface area contributed by atoms with Gasteiger partial charge in [-0.3, -0.25) is 0 Å².